The van der Waals surface area contributed by atoms with E-state index in [0.717, 1.165) is 5.69 Å². The molecule has 0 aliphatic carbocycles. The van der Waals surface area contributed by atoms with E-state index in [9.17, 15) is 15.2 Å². The molecule has 0 amide bonds. The van der Waals surface area contributed by atoms with E-state index in [-0.39, 0.29) is 5.69 Å². The van der Waals surface area contributed by atoms with Crippen molar-refractivity contribution in [2.45, 2.75) is 32.3 Å². The molecule has 0 aliphatic rings. The van der Waals surface area contributed by atoms with Crippen LogP contribution >= 0.6 is 0 Å². The molecule has 0 saturated carbocycles. The smallest absolute Gasteiger partial charge is 0.269 e. The number of hydrogen-bond donors (Lipinski definition) is 2. The van der Waals surface area contributed by atoms with Gasteiger partial charge in [-0.3, -0.25) is 10.1 Å². The Bertz CT molecular complexity index is 372. The van der Waals surface area contributed by atoms with Crippen molar-refractivity contribution < 1.29 is 10.0 Å². The van der Waals surface area contributed by atoms with Crippen molar-refractivity contribution in [3.8, 4) is 0 Å². The molecule has 1 aromatic carbocycles. The van der Waals surface area contributed by atoms with Gasteiger partial charge in [0.25, 0.3) is 5.69 Å². The number of benzene rings is 1. The Morgan fingerprint density at radius 1 is 1.29 bits per heavy atom. The van der Waals surface area contributed by atoms with Gasteiger partial charge in [-0.2, -0.15) is 0 Å². The van der Waals surface area contributed by atoms with Crippen molar-refractivity contribution in [1.29, 1.82) is 0 Å². The van der Waals surface area contributed by atoms with Crippen LogP contribution in [0.1, 0.15) is 26.7 Å². The van der Waals surface area contributed by atoms with E-state index in [4.69, 9.17) is 0 Å². The second-order valence-corrected chi connectivity index (χ2v) is 4.09. The summed E-state index contributed by atoms with van der Waals surface area (Å²) >= 11 is 0. The number of non-ortho nitro benzene ring substituents is 1. The van der Waals surface area contributed by atoms with Crippen molar-refractivity contribution in [3.63, 3.8) is 0 Å². The number of nitrogens with one attached hydrogen (secondary N) is 1. The maximum atomic E-state index is 10.5. The minimum absolute atomic E-state index is 0.0665. The summed E-state index contributed by atoms with van der Waals surface area (Å²) < 4.78 is 0. The van der Waals surface area contributed by atoms with Gasteiger partial charge in [0.05, 0.1) is 10.5 Å². The molecule has 94 valence electrons. The zero-order valence-corrected chi connectivity index (χ0v) is 10.1. The highest BCUT2D eigenvalue weighted by atomic mass is 16.6. The van der Waals surface area contributed by atoms with Crippen molar-refractivity contribution in [1.82, 2.24) is 0 Å². The predicted octanol–water partition coefficient (Wildman–Crippen LogP) is 2.56. The summed E-state index contributed by atoms with van der Waals surface area (Å²) in [6.07, 6.45) is 1.34. The topological polar surface area (TPSA) is 75.4 Å². The summed E-state index contributed by atoms with van der Waals surface area (Å²) in [6, 6.07) is 6.17. The van der Waals surface area contributed by atoms with Gasteiger partial charge in [0.2, 0.25) is 0 Å². The molecule has 0 radical (unpaired) electrons. The van der Waals surface area contributed by atoms with Crippen LogP contribution in [0, 0.1) is 10.1 Å². The maximum Gasteiger partial charge on any atom is 0.269 e. The fourth-order valence-electron chi connectivity index (χ4n) is 1.47. The van der Waals surface area contributed by atoms with Crippen LogP contribution in [0.2, 0.25) is 0 Å². The van der Waals surface area contributed by atoms with Gasteiger partial charge >= 0.3 is 0 Å². The Balaban J connectivity index is 2.61. The lowest BCUT2D eigenvalue weighted by molar-refractivity contribution is -0.384. The van der Waals surface area contributed by atoms with E-state index in [1.807, 2.05) is 13.8 Å². The molecule has 5 nitrogen and oxygen atoms in total. The van der Waals surface area contributed by atoms with Crippen LogP contribution in [0.4, 0.5) is 11.4 Å². The third kappa shape index (κ3) is 3.71. The average molecular weight is 238 g/mol. The fraction of sp³-hybridized carbons (Fsp3) is 0.500. The molecule has 0 bridgehead atoms. The number of aliphatic hydroxyl groups is 1. The van der Waals surface area contributed by atoms with Crippen LogP contribution in [-0.4, -0.2) is 22.2 Å². The van der Waals surface area contributed by atoms with Gasteiger partial charge in [-0.1, -0.05) is 13.8 Å². The standard InChI is InChI=1S/C12H18N2O3/c1-3-12(15,4-2)9-13-10-5-7-11(8-6-10)14(16)17/h5-8,13,15H,3-4,9H2,1-2H3. The normalized spacial score (nSPS) is 11.2. The highest BCUT2D eigenvalue weighted by Gasteiger charge is 2.21. The van der Waals surface area contributed by atoms with Crippen LogP contribution in [0.3, 0.4) is 0 Å². The SMILES string of the molecule is CCC(O)(CC)CNc1ccc([N+](=O)[O-])cc1. The molecule has 0 aromatic heterocycles. The van der Waals surface area contributed by atoms with E-state index >= 15 is 0 Å². The van der Waals surface area contributed by atoms with E-state index in [1.165, 1.54) is 12.1 Å². The zero-order chi connectivity index (χ0) is 12.9. The predicted molar refractivity (Wildman–Crippen MR) is 67.1 cm³/mol. The van der Waals surface area contributed by atoms with Gasteiger partial charge in [0.15, 0.2) is 0 Å². The molecule has 0 atom stereocenters. The Labute approximate surface area is 101 Å². The van der Waals surface area contributed by atoms with Crippen LogP contribution in [0.5, 0.6) is 0 Å². The van der Waals surface area contributed by atoms with Gasteiger partial charge in [0.1, 0.15) is 0 Å². The van der Waals surface area contributed by atoms with E-state index in [2.05, 4.69) is 5.32 Å². The lowest BCUT2D eigenvalue weighted by Crippen LogP contribution is -2.35. The second kappa shape index (κ2) is 5.63. The minimum Gasteiger partial charge on any atom is -0.388 e. The summed E-state index contributed by atoms with van der Waals surface area (Å²) in [5.41, 5.74) is 0.120. The number of nitro benzene ring substituents is 1. The van der Waals surface area contributed by atoms with Crippen LogP contribution in [0.25, 0.3) is 0 Å². The zero-order valence-electron chi connectivity index (χ0n) is 10.1. The highest BCUT2D eigenvalue weighted by molar-refractivity contribution is 5.48. The lowest BCUT2D eigenvalue weighted by atomic mass is 9.97. The first-order valence-corrected chi connectivity index (χ1v) is 5.71. The largest absolute Gasteiger partial charge is 0.388 e. The van der Waals surface area contributed by atoms with E-state index in [1.54, 1.807) is 12.1 Å². The van der Waals surface area contributed by atoms with E-state index in [0.29, 0.717) is 19.4 Å². The third-order valence-electron chi connectivity index (χ3n) is 3.02. The molecule has 2 N–H and O–H groups in total. The molecule has 0 spiro atoms. The molecule has 0 heterocycles. The minimum atomic E-state index is -0.720. The monoisotopic (exact) mass is 238 g/mol. The Hall–Kier alpha value is -1.62. The molecule has 17 heavy (non-hydrogen) atoms. The molecular formula is C12H18N2O3. The van der Waals surface area contributed by atoms with Gasteiger partial charge in [-0.05, 0) is 25.0 Å². The molecule has 1 aromatic rings. The second-order valence-electron chi connectivity index (χ2n) is 4.09. The first kappa shape index (κ1) is 13.4. The number of nitro groups is 1. The van der Waals surface area contributed by atoms with Crippen molar-refractivity contribution in [2.24, 2.45) is 0 Å². The molecule has 0 aliphatic heterocycles. The van der Waals surface area contributed by atoms with Crippen molar-refractivity contribution >= 4 is 11.4 Å². The van der Waals surface area contributed by atoms with E-state index < -0.39 is 10.5 Å². The van der Waals surface area contributed by atoms with Gasteiger partial charge < -0.3 is 10.4 Å². The number of nitrogens with zero attached hydrogens (tertiary/aromatic N) is 1. The van der Waals surface area contributed by atoms with Crippen molar-refractivity contribution in [2.75, 3.05) is 11.9 Å². The summed E-state index contributed by atoms with van der Waals surface area (Å²) in [6.45, 7) is 4.31. The molecular weight excluding hydrogens is 220 g/mol. The molecule has 5 heteroatoms. The Morgan fingerprint density at radius 2 is 1.82 bits per heavy atom. The molecule has 1 rings (SSSR count). The average Bonchev–Trinajstić information content (AvgIpc) is 2.36. The Morgan fingerprint density at radius 3 is 2.24 bits per heavy atom. The number of rotatable bonds is 6. The number of anilines is 1. The summed E-state index contributed by atoms with van der Waals surface area (Å²) in [5, 5.41) is 23.6. The molecule has 0 fully saturated rings. The molecule has 0 unspecified atom stereocenters. The van der Waals surface area contributed by atoms with Gasteiger partial charge in [-0.25, -0.2) is 0 Å². The lowest BCUT2D eigenvalue weighted by Gasteiger charge is -2.25. The summed E-state index contributed by atoms with van der Waals surface area (Å²) in [5.74, 6) is 0. The van der Waals surface area contributed by atoms with Crippen LogP contribution in [-0.2, 0) is 0 Å². The van der Waals surface area contributed by atoms with Crippen LogP contribution in [0.15, 0.2) is 24.3 Å². The van der Waals surface area contributed by atoms with Crippen molar-refractivity contribution in [3.05, 3.63) is 34.4 Å². The quantitative estimate of drug-likeness (QED) is 0.590. The Kier molecular flexibility index (Phi) is 4.45. The summed E-state index contributed by atoms with van der Waals surface area (Å²) in [7, 11) is 0. The number of hydrogen-bond acceptors (Lipinski definition) is 4. The first-order valence-electron chi connectivity index (χ1n) is 5.71. The van der Waals surface area contributed by atoms with Gasteiger partial charge in [-0.15, -0.1) is 0 Å². The summed E-state index contributed by atoms with van der Waals surface area (Å²) in [4.78, 5) is 10.0. The third-order valence-corrected chi connectivity index (χ3v) is 3.02. The molecule has 0 saturated heterocycles. The first-order chi connectivity index (χ1) is 8.00. The fourth-order valence-corrected chi connectivity index (χ4v) is 1.47. The van der Waals surface area contributed by atoms with Gasteiger partial charge in [0, 0.05) is 24.4 Å². The maximum absolute atomic E-state index is 10.5. The van der Waals surface area contributed by atoms with Crippen LogP contribution < -0.4 is 5.32 Å². The highest BCUT2D eigenvalue weighted by Crippen LogP contribution is 2.18.